The standard InChI is InChI=1S/C13H20N2O4S2/c14-21(18,19)13-7-5-11(6-8-13)2-1-9-15-20(16,17)10-12-3-4-12/h5-8,12,15H,1-4,9-10H2,(H2,14,18,19). The number of aryl methyl sites for hydroxylation is 1. The maximum Gasteiger partial charge on any atom is 0.238 e. The van der Waals surface area contributed by atoms with Crippen LogP contribution in [0.5, 0.6) is 0 Å². The van der Waals surface area contributed by atoms with Gasteiger partial charge in [-0.15, -0.1) is 0 Å². The minimum Gasteiger partial charge on any atom is -0.225 e. The van der Waals surface area contributed by atoms with Crippen LogP contribution in [0.4, 0.5) is 0 Å². The highest BCUT2D eigenvalue weighted by atomic mass is 32.2. The molecule has 0 saturated heterocycles. The maximum absolute atomic E-state index is 11.7. The third-order valence-corrected chi connectivity index (χ3v) is 5.85. The topological polar surface area (TPSA) is 106 Å². The summed E-state index contributed by atoms with van der Waals surface area (Å²) in [7, 11) is -6.81. The third-order valence-electron chi connectivity index (χ3n) is 3.37. The van der Waals surface area contributed by atoms with Gasteiger partial charge in [0.25, 0.3) is 0 Å². The van der Waals surface area contributed by atoms with Gasteiger partial charge in [0.05, 0.1) is 10.6 Å². The molecule has 0 aliphatic heterocycles. The van der Waals surface area contributed by atoms with Gasteiger partial charge in [-0.2, -0.15) is 0 Å². The second-order valence-electron chi connectivity index (χ2n) is 5.41. The van der Waals surface area contributed by atoms with Crippen LogP contribution in [0.3, 0.4) is 0 Å². The van der Waals surface area contributed by atoms with E-state index in [0.29, 0.717) is 25.3 Å². The minimum absolute atomic E-state index is 0.0800. The molecule has 1 fully saturated rings. The number of nitrogens with one attached hydrogen (secondary N) is 1. The van der Waals surface area contributed by atoms with Gasteiger partial charge in [-0.3, -0.25) is 0 Å². The SMILES string of the molecule is NS(=O)(=O)c1ccc(CCCNS(=O)(=O)CC2CC2)cc1. The second kappa shape index (κ2) is 6.43. The third kappa shape index (κ3) is 5.74. The number of sulfonamides is 2. The summed E-state index contributed by atoms with van der Waals surface area (Å²) in [5, 5.41) is 5.02. The van der Waals surface area contributed by atoms with E-state index >= 15 is 0 Å². The summed E-state index contributed by atoms with van der Waals surface area (Å²) < 4.78 is 48.1. The molecule has 118 valence electrons. The van der Waals surface area contributed by atoms with Gasteiger partial charge >= 0.3 is 0 Å². The number of hydrogen-bond acceptors (Lipinski definition) is 4. The van der Waals surface area contributed by atoms with Crippen molar-refractivity contribution in [2.75, 3.05) is 12.3 Å². The summed E-state index contributed by atoms with van der Waals surface area (Å²) in [4.78, 5) is 0.0800. The zero-order chi connectivity index (χ0) is 15.5. The highest BCUT2D eigenvalue weighted by molar-refractivity contribution is 7.89. The lowest BCUT2D eigenvalue weighted by Gasteiger charge is -2.06. The predicted octanol–water partition coefficient (Wildman–Crippen LogP) is 0.596. The number of primary sulfonamides is 1. The van der Waals surface area contributed by atoms with E-state index in [2.05, 4.69) is 4.72 Å². The van der Waals surface area contributed by atoms with Crippen molar-refractivity contribution in [3.05, 3.63) is 29.8 Å². The summed E-state index contributed by atoms with van der Waals surface area (Å²) in [6, 6.07) is 6.31. The molecule has 0 atom stereocenters. The molecule has 0 unspecified atom stereocenters. The van der Waals surface area contributed by atoms with Gasteiger partial charge in [0.2, 0.25) is 20.0 Å². The lowest BCUT2D eigenvalue weighted by atomic mass is 10.1. The predicted molar refractivity (Wildman–Crippen MR) is 80.6 cm³/mol. The van der Waals surface area contributed by atoms with Crippen LogP contribution in [0.15, 0.2) is 29.2 Å². The molecule has 1 aliphatic rings. The zero-order valence-electron chi connectivity index (χ0n) is 11.7. The maximum atomic E-state index is 11.7. The molecule has 0 heterocycles. The molecule has 21 heavy (non-hydrogen) atoms. The van der Waals surface area contributed by atoms with Gasteiger partial charge in [0.1, 0.15) is 0 Å². The Kier molecular flexibility index (Phi) is 5.03. The average molecular weight is 332 g/mol. The highest BCUT2D eigenvalue weighted by Crippen LogP contribution is 2.29. The Balaban J connectivity index is 1.75. The molecule has 1 aromatic carbocycles. The molecular weight excluding hydrogens is 312 g/mol. The van der Waals surface area contributed by atoms with E-state index in [-0.39, 0.29) is 10.6 Å². The highest BCUT2D eigenvalue weighted by Gasteiger charge is 2.27. The van der Waals surface area contributed by atoms with Crippen molar-refractivity contribution < 1.29 is 16.8 Å². The lowest BCUT2D eigenvalue weighted by Crippen LogP contribution is -2.28. The second-order valence-corrected chi connectivity index (χ2v) is 8.82. The fraction of sp³-hybridized carbons (Fsp3) is 0.538. The average Bonchev–Trinajstić information content (AvgIpc) is 3.17. The molecule has 1 saturated carbocycles. The first-order valence-corrected chi connectivity index (χ1v) is 10.1. The minimum atomic E-state index is -3.66. The molecule has 6 nitrogen and oxygen atoms in total. The van der Waals surface area contributed by atoms with E-state index in [1.165, 1.54) is 12.1 Å². The Morgan fingerprint density at radius 3 is 2.24 bits per heavy atom. The first-order chi connectivity index (χ1) is 9.76. The van der Waals surface area contributed by atoms with Crippen LogP contribution < -0.4 is 9.86 Å². The number of hydrogen-bond donors (Lipinski definition) is 2. The first-order valence-electron chi connectivity index (χ1n) is 6.85. The molecule has 0 spiro atoms. The van der Waals surface area contributed by atoms with Crippen LogP contribution in [0, 0.1) is 5.92 Å². The van der Waals surface area contributed by atoms with Crippen molar-refractivity contribution in [3.8, 4) is 0 Å². The summed E-state index contributed by atoms with van der Waals surface area (Å²) in [6.45, 7) is 0.395. The Hall–Kier alpha value is -0.960. The van der Waals surface area contributed by atoms with E-state index in [1.54, 1.807) is 12.1 Å². The molecular formula is C13H20N2O4S2. The van der Waals surface area contributed by atoms with E-state index < -0.39 is 20.0 Å². The van der Waals surface area contributed by atoms with Crippen LogP contribution in [0.25, 0.3) is 0 Å². The van der Waals surface area contributed by atoms with Gasteiger partial charge in [-0.05, 0) is 49.3 Å². The van der Waals surface area contributed by atoms with Crippen molar-refractivity contribution in [2.24, 2.45) is 11.1 Å². The Morgan fingerprint density at radius 2 is 1.71 bits per heavy atom. The summed E-state index contributed by atoms with van der Waals surface area (Å²) in [5.74, 6) is 0.573. The van der Waals surface area contributed by atoms with Crippen LogP contribution in [0.1, 0.15) is 24.8 Å². The van der Waals surface area contributed by atoms with Crippen molar-refractivity contribution >= 4 is 20.0 Å². The zero-order valence-corrected chi connectivity index (χ0v) is 13.3. The normalized spacial score (nSPS) is 16.0. The summed E-state index contributed by atoms with van der Waals surface area (Å²) >= 11 is 0. The number of nitrogens with two attached hydrogens (primary N) is 1. The number of benzene rings is 1. The van der Waals surface area contributed by atoms with Crippen LogP contribution in [-0.2, 0) is 26.5 Å². The quantitative estimate of drug-likeness (QED) is 0.680. The van der Waals surface area contributed by atoms with Gasteiger partial charge in [-0.1, -0.05) is 12.1 Å². The largest absolute Gasteiger partial charge is 0.238 e. The van der Waals surface area contributed by atoms with Gasteiger partial charge in [0, 0.05) is 6.54 Å². The van der Waals surface area contributed by atoms with Gasteiger partial charge in [0.15, 0.2) is 0 Å². The Labute approximate surface area is 125 Å². The van der Waals surface area contributed by atoms with Gasteiger partial charge < -0.3 is 0 Å². The van der Waals surface area contributed by atoms with Gasteiger partial charge in [-0.25, -0.2) is 26.7 Å². The van der Waals surface area contributed by atoms with E-state index in [1.807, 2.05) is 0 Å². The monoisotopic (exact) mass is 332 g/mol. The molecule has 2 rings (SSSR count). The molecule has 0 bridgehead atoms. The van der Waals surface area contributed by atoms with Crippen LogP contribution in [0.2, 0.25) is 0 Å². The fourth-order valence-electron chi connectivity index (χ4n) is 2.02. The summed E-state index contributed by atoms with van der Waals surface area (Å²) in [5.41, 5.74) is 0.948. The smallest absolute Gasteiger partial charge is 0.225 e. The molecule has 1 aromatic rings. The molecule has 0 amide bonds. The van der Waals surface area contributed by atoms with Crippen molar-refractivity contribution in [1.82, 2.24) is 4.72 Å². The molecule has 0 aromatic heterocycles. The Bertz CT molecular complexity index is 677. The van der Waals surface area contributed by atoms with Crippen molar-refractivity contribution in [3.63, 3.8) is 0 Å². The summed E-state index contributed by atoms with van der Waals surface area (Å²) in [6.07, 6.45) is 3.37. The molecule has 3 N–H and O–H groups in total. The van der Waals surface area contributed by atoms with E-state index in [0.717, 1.165) is 18.4 Å². The molecule has 8 heteroatoms. The van der Waals surface area contributed by atoms with Crippen LogP contribution >= 0.6 is 0 Å². The first kappa shape index (κ1) is 16.4. The molecule has 0 radical (unpaired) electrons. The van der Waals surface area contributed by atoms with E-state index in [9.17, 15) is 16.8 Å². The van der Waals surface area contributed by atoms with Crippen LogP contribution in [-0.4, -0.2) is 29.1 Å². The Morgan fingerprint density at radius 1 is 1.10 bits per heavy atom. The van der Waals surface area contributed by atoms with Crippen molar-refractivity contribution in [2.45, 2.75) is 30.6 Å². The number of rotatable bonds is 8. The van der Waals surface area contributed by atoms with E-state index in [4.69, 9.17) is 5.14 Å². The molecule has 1 aliphatic carbocycles. The fourth-order valence-corrected chi connectivity index (χ4v) is 4.06. The lowest BCUT2D eigenvalue weighted by molar-refractivity contribution is 0.575. The van der Waals surface area contributed by atoms with Crippen molar-refractivity contribution in [1.29, 1.82) is 0 Å².